The Morgan fingerprint density at radius 3 is 2.79 bits per heavy atom. The number of carboxylic acid groups (broad SMARTS) is 1. The van der Waals surface area contributed by atoms with E-state index in [1.165, 1.54) is 11.0 Å². The number of nitrogens with one attached hydrogen (secondary N) is 3. The second-order valence-corrected chi connectivity index (χ2v) is 11.3. The number of aromatic amines is 1. The van der Waals surface area contributed by atoms with Gasteiger partial charge >= 0.3 is 6.16 Å². The number of likely N-dealkylation sites (tertiary alicyclic amines) is 1. The van der Waals surface area contributed by atoms with Gasteiger partial charge in [-0.15, -0.1) is 0 Å². The number of fused-ring (bicyclic) bond motifs is 1. The number of amides is 1. The number of rotatable bonds is 11. The molecular formula is C26H34N6O6S. The normalized spacial score (nSPS) is 16.6. The van der Waals surface area contributed by atoms with Gasteiger partial charge in [-0.3, -0.25) is 4.79 Å². The maximum Gasteiger partial charge on any atom is 0.507 e. The zero-order valence-corrected chi connectivity index (χ0v) is 22.8. The lowest BCUT2D eigenvalue weighted by atomic mass is 10.1. The number of anilines is 2. The van der Waals surface area contributed by atoms with Crippen LogP contribution in [0.4, 0.5) is 16.4 Å². The molecule has 2 heterocycles. The zero-order chi connectivity index (χ0) is 28.0. The molecule has 0 bridgehead atoms. The number of hydrogen-bond acceptors (Lipinski definition) is 8. The third-order valence-corrected chi connectivity index (χ3v) is 8.11. The minimum atomic E-state index is -4.10. The number of imidazole rings is 1. The highest BCUT2D eigenvalue weighted by atomic mass is 32.2. The van der Waals surface area contributed by atoms with Crippen LogP contribution in [0.5, 0.6) is 0 Å². The molecule has 1 amide bonds. The molecule has 39 heavy (non-hydrogen) atoms. The van der Waals surface area contributed by atoms with Crippen molar-refractivity contribution in [3.05, 3.63) is 48.8 Å². The van der Waals surface area contributed by atoms with Gasteiger partial charge in [0.1, 0.15) is 6.04 Å². The van der Waals surface area contributed by atoms with Crippen LogP contribution in [0.2, 0.25) is 0 Å². The minimum Gasteiger partial charge on any atom is -0.450 e. The van der Waals surface area contributed by atoms with Crippen molar-refractivity contribution in [1.29, 1.82) is 0 Å². The first-order chi connectivity index (χ1) is 18.7. The molecule has 0 radical (unpaired) electrons. The van der Waals surface area contributed by atoms with Crippen LogP contribution in [0.25, 0.3) is 10.8 Å². The first-order valence-corrected chi connectivity index (χ1v) is 14.3. The van der Waals surface area contributed by atoms with Crippen LogP contribution in [0.15, 0.2) is 53.7 Å². The molecule has 13 heteroatoms. The van der Waals surface area contributed by atoms with Gasteiger partial charge in [0.05, 0.1) is 4.90 Å². The molecule has 4 rings (SSSR count). The molecule has 1 aliphatic rings. The second kappa shape index (κ2) is 12.3. The lowest BCUT2D eigenvalue weighted by molar-refractivity contribution is -0.147. The number of carbonyl (C=O) groups is 2. The van der Waals surface area contributed by atoms with Crippen molar-refractivity contribution in [2.24, 2.45) is 0 Å². The number of aromatic nitrogens is 2. The average Bonchev–Trinajstić information content (AvgIpc) is 3.43. The molecule has 1 fully saturated rings. The zero-order valence-electron chi connectivity index (χ0n) is 22.0. The van der Waals surface area contributed by atoms with Gasteiger partial charge in [-0.2, -0.15) is 4.72 Å². The predicted octanol–water partition coefficient (Wildman–Crippen LogP) is 3.20. The molecule has 1 aliphatic heterocycles. The first-order valence-electron chi connectivity index (χ1n) is 12.8. The summed E-state index contributed by atoms with van der Waals surface area (Å²) in [7, 11) is -0.263. The van der Waals surface area contributed by atoms with E-state index in [1.54, 1.807) is 24.5 Å². The van der Waals surface area contributed by atoms with Crippen LogP contribution in [0.1, 0.15) is 32.1 Å². The Morgan fingerprint density at radius 1 is 1.26 bits per heavy atom. The summed E-state index contributed by atoms with van der Waals surface area (Å²) in [4.78, 5) is 35.2. The largest absolute Gasteiger partial charge is 0.507 e. The Hall–Kier alpha value is -3.84. The van der Waals surface area contributed by atoms with Crippen molar-refractivity contribution in [3.8, 4) is 0 Å². The lowest BCUT2D eigenvalue weighted by Gasteiger charge is -2.36. The molecule has 1 saturated heterocycles. The van der Waals surface area contributed by atoms with Crippen LogP contribution < -0.4 is 14.9 Å². The van der Waals surface area contributed by atoms with E-state index in [1.807, 2.05) is 37.2 Å². The summed E-state index contributed by atoms with van der Waals surface area (Å²) in [5.41, 5.74) is 0.955. The quantitative estimate of drug-likeness (QED) is 0.205. The van der Waals surface area contributed by atoms with E-state index < -0.39 is 34.4 Å². The van der Waals surface area contributed by atoms with Crippen LogP contribution in [-0.2, 0) is 19.6 Å². The van der Waals surface area contributed by atoms with Crippen LogP contribution in [-0.4, -0.2) is 79.9 Å². The number of carbonyl (C=O) groups excluding carboxylic acids is 1. The van der Waals surface area contributed by atoms with Crippen LogP contribution >= 0.6 is 0 Å². The number of sulfonamides is 1. The fourth-order valence-electron chi connectivity index (χ4n) is 4.76. The van der Waals surface area contributed by atoms with E-state index in [2.05, 4.69) is 20.0 Å². The molecule has 4 N–H and O–H groups in total. The van der Waals surface area contributed by atoms with E-state index in [0.29, 0.717) is 38.2 Å². The van der Waals surface area contributed by atoms with Gasteiger partial charge in [0.15, 0.2) is 12.2 Å². The van der Waals surface area contributed by atoms with Crippen molar-refractivity contribution in [1.82, 2.24) is 19.6 Å². The van der Waals surface area contributed by atoms with Crippen molar-refractivity contribution >= 4 is 44.5 Å². The number of nitrogens with zero attached hydrogens (tertiary/aromatic N) is 3. The van der Waals surface area contributed by atoms with Gasteiger partial charge < -0.3 is 29.9 Å². The summed E-state index contributed by atoms with van der Waals surface area (Å²) in [5, 5.41) is 13.9. The van der Waals surface area contributed by atoms with E-state index in [9.17, 15) is 18.0 Å². The van der Waals surface area contributed by atoms with Gasteiger partial charge in [-0.05, 0) is 49.3 Å². The summed E-state index contributed by atoms with van der Waals surface area (Å²) in [6, 6.07) is 9.40. The fourth-order valence-corrected chi connectivity index (χ4v) is 6.02. The smallest absolute Gasteiger partial charge is 0.450 e. The van der Waals surface area contributed by atoms with Gasteiger partial charge in [0.25, 0.3) is 0 Å². The number of benzene rings is 2. The molecule has 210 valence electrons. The van der Waals surface area contributed by atoms with Crippen molar-refractivity contribution < 1.29 is 27.9 Å². The molecular weight excluding hydrogens is 524 g/mol. The molecule has 0 saturated carbocycles. The minimum absolute atomic E-state index is 0.0365. The van der Waals surface area contributed by atoms with E-state index in [0.717, 1.165) is 16.5 Å². The fraction of sp³-hybridized carbons (Fsp3) is 0.423. The first kappa shape index (κ1) is 28.2. The Bertz CT molecular complexity index is 1400. The second-order valence-electron chi connectivity index (χ2n) is 9.60. The van der Waals surface area contributed by atoms with Crippen LogP contribution in [0, 0.1) is 0 Å². The predicted molar refractivity (Wildman–Crippen MR) is 147 cm³/mol. The highest BCUT2D eigenvalue weighted by Gasteiger charge is 2.35. The summed E-state index contributed by atoms with van der Waals surface area (Å²) in [6.45, 7) is 0.723. The number of ether oxygens (including phenoxy) is 1. The Balaban J connectivity index is 1.57. The third kappa shape index (κ3) is 6.98. The number of piperidine rings is 1. The molecule has 1 aromatic heterocycles. The Labute approximate surface area is 227 Å². The van der Waals surface area contributed by atoms with E-state index in [4.69, 9.17) is 9.84 Å². The number of H-pyrrole nitrogens is 1. The molecule has 3 aromatic rings. The van der Waals surface area contributed by atoms with Crippen LogP contribution in [0.3, 0.4) is 0 Å². The average molecular weight is 559 g/mol. The highest BCUT2D eigenvalue weighted by Crippen LogP contribution is 2.28. The highest BCUT2D eigenvalue weighted by molar-refractivity contribution is 7.89. The number of hydrogen-bond donors (Lipinski definition) is 4. The van der Waals surface area contributed by atoms with Gasteiger partial charge in [0, 0.05) is 57.1 Å². The van der Waals surface area contributed by atoms with E-state index >= 15 is 0 Å². The molecule has 0 unspecified atom stereocenters. The summed E-state index contributed by atoms with van der Waals surface area (Å²) >= 11 is 0. The van der Waals surface area contributed by atoms with E-state index in [-0.39, 0.29) is 17.9 Å². The van der Waals surface area contributed by atoms with Crippen molar-refractivity contribution in [3.63, 3.8) is 0 Å². The van der Waals surface area contributed by atoms with Crippen molar-refractivity contribution in [2.45, 2.75) is 49.3 Å². The third-order valence-electron chi connectivity index (χ3n) is 6.64. The summed E-state index contributed by atoms with van der Waals surface area (Å²) < 4.78 is 34.6. The van der Waals surface area contributed by atoms with Gasteiger partial charge in [-0.25, -0.2) is 18.2 Å². The summed E-state index contributed by atoms with van der Waals surface area (Å²) in [6.07, 6.45) is 3.20. The maximum atomic E-state index is 13.6. The molecule has 0 aliphatic carbocycles. The Morgan fingerprint density at radius 2 is 2.08 bits per heavy atom. The van der Waals surface area contributed by atoms with Gasteiger partial charge in [0.2, 0.25) is 15.9 Å². The molecule has 0 spiro atoms. The standard InChI is InChI=1S/C26H34N6O6S/c1-31(2)22-9-5-7-18-17-19(11-12-20(18)22)39(36,37)30-21(8-6-13-27-25-28-14-15-29-25)24(33)32-16-4-3-10-23(32)38-26(34)35/h5,7,9,11-12,14-15,17,21,23,30H,3-4,6,8,10,13,16H2,1-2H3,(H,34,35)(H2,27,28,29)/t21-,23+/m0/s1. The molecule has 2 atom stereocenters. The van der Waals surface area contributed by atoms with Crippen molar-refractivity contribution in [2.75, 3.05) is 37.4 Å². The maximum absolute atomic E-state index is 13.6. The SMILES string of the molecule is CN(C)c1cccc2cc(S(=O)(=O)N[C@@H](CCCNc3ncc[nH]3)C(=O)N3CCCC[C@H]3OC(=O)O)ccc12. The topological polar surface area (TPSA) is 157 Å². The summed E-state index contributed by atoms with van der Waals surface area (Å²) in [5.74, 6) is 0.0517. The monoisotopic (exact) mass is 558 g/mol. The van der Waals surface area contributed by atoms with Gasteiger partial charge in [-0.1, -0.05) is 18.2 Å². The Kier molecular flexibility index (Phi) is 8.92. The lowest BCUT2D eigenvalue weighted by Crippen LogP contribution is -2.54. The molecule has 2 aromatic carbocycles. The molecule has 12 nitrogen and oxygen atoms in total.